The summed E-state index contributed by atoms with van der Waals surface area (Å²) in [6, 6.07) is 15.7. The molecule has 0 fully saturated rings. The van der Waals surface area contributed by atoms with Crippen molar-refractivity contribution in [3.63, 3.8) is 0 Å². The van der Waals surface area contributed by atoms with Crippen LogP contribution < -0.4 is 5.43 Å². The Hall–Kier alpha value is -2.64. The van der Waals surface area contributed by atoms with Crippen molar-refractivity contribution < 1.29 is 4.79 Å². The molecule has 0 unspecified atom stereocenters. The molecule has 162 valence electrons. The summed E-state index contributed by atoms with van der Waals surface area (Å²) in [6.07, 6.45) is 1.53. The number of aromatic nitrogens is 3. The minimum absolute atomic E-state index is 0.0969. The molecule has 0 radical (unpaired) electrons. The molecular weight excluding hydrogens is 430 g/mol. The molecule has 0 atom stereocenters. The second kappa shape index (κ2) is 10.1. The summed E-state index contributed by atoms with van der Waals surface area (Å²) in [5.41, 5.74) is 5.62. The van der Waals surface area contributed by atoms with Crippen molar-refractivity contribution >= 4 is 35.5 Å². The van der Waals surface area contributed by atoms with E-state index in [2.05, 4.69) is 65.8 Å². The molecule has 2 aromatic carbocycles. The number of hydrogen-bond acceptors (Lipinski definition) is 5. The Kier molecular flexibility index (Phi) is 7.51. The Morgan fingerprint density at radius 1 is 1.16 bits per heavy atom. The third-order valence-corrected chi connectivity index (χ3v) is 5.98. The number of halogens is 1. The Morgan fingerprint density at radius 3 is 2.52 bits per heavy atom. The van der Waals surface area contributed by atoms with Crippen LogP contribution in [0.15, 0.2) is 58.8 Å². The fraction of sp³-hybridized carbons (Fsp3) is 0.304. The number of hydrazone groups is 1. The number of carbonyl (C=O) groups is 1. The zero-order valence-corrected chi connectivity index (χ0v) is 19.7. The van der Waals surface area contributed by atoms with Gasteiger partial charge in [0, 0.05) is 22.7 Å². The average Bonchev–Trinajstić information content (AvgIpc) is 3.16. The van der Waals surface area contributed by atoms with Gasteiger partial charge in [0.05, 0.1) is 12.0 Å². The molecule has 1 aromatic heterocycles. The Bertz CT molecular complexity index is 1070. The van der Waals surface area contributed by atoms with Crippen LogP contribution in [0.1, 0.15) is 38.8 Å². The van der Waals surface area contributed by atoms with Gasteiger partial charge in [-0.1, -0.05) is 86.6 Å². The van der Waals surface area contributed by atoms with Gasteiger partial charge >= 0.3 is 0 Å². The molecule has 8 heteroatoms. The molecular formula is C23H26ClN5OS. The van der Waals surface area contributed by atoms with E-state index in [0.717, 1.165) is 17.0 Å². The van der Waals surface area contributed by atoms with Gasteiger partial charge in [0.2, 0.25) is 0 Å². The third kappa shape index (κ3) is 5.95. The standard InChI is InChI=1S/C23H26ClN5OS/c1-5-29-21(16-10-12-18(13-11-16)23(2,3)4)27-28-22(29)31-15-20(30)26-25-14-17-8-6-7-9-19(17)24/h6-14H,5,15H2,1-4H3,(H,26,30). The van der Waals surface area contributed by atoms with Crippen LogP contribution in [0.25, 0.3) is 11.4 Å². The van der Waals surface area contributed by atoms with Crippen LogP contribution in [0.2, 0.25) is 5.02 Å². The molecule has 0 saturated heterocycles. The average molecular weight is 456 g/mol. The van der Waals surface area contributed by atoms with E-state index in [-0.39, 0.29) is 17.1 Å². The van der Waals surface area contributed by atoms with Crippen molar-refractivity contribution in [3.8, 4) is 11.4 Å². The van der Waals surface area contributed by atoms with Crippen LogP contribution in [0, 0.1) is 0 Å². The maximum absolute atomic E-state index is 12.2. The minimum Gasteiger partial charge on any atom is -0.302 e. The normalized spacial score (nSPS) is 11.8. The topological polar surface area (TPSA) is 72.2 Å². The molecule has 6 nitrogen and oxygen atoms in total. The van der Waals surface area contributed by atoms with E-state index in [1.165, 1.54) is 23.5 Å². The van der Waals surface area contributed by atoms with Gasteiger partial charge in [-0.3, -0.25) is 4.79 Å². The van der Waals surface area contributed by atoms with Gasteiger partial charge in [-0.15, -0.1) is 10.2 Å². The van der Waals surface area contributed by atoms with Crippen molar-refractivity contribution in [2.75, 3.05) is 5.75 Å². The number of benzene rings is 2. The highest BCUT2D eigenvalue weighted by molar-refractivity contribution is 7.99. The lowest BCUT2D eigenvalue weighted by atomic mass is 9.87. The minimum atomic E-state index is -0.227. The molecule has 1 amide bonds. The van der Waals surface area contributed by atoms with Crippen molar-refractivity contribution in [1.82, 2.24) is 20.2 Å². The number of hydrogen-bond donors (Lipinski definition) is 1. The Morgan fingerprint density at radius 2 is 1.87 bits per heavy atom. The van der Waals surface area contributed by atoms with Crippen LogP contribution in [0.5, 0.6) is 0 Å². The van der Waals surface area contributed by atoms with Gasteiger partial charge in [-0.25, -0.2) is 5.43 Å². The van der Waals surface area contributed by atoms with Crippen molar-refractivity contribution in [2.24, 2.45) is 5.10 Å². The first-order valence-electron chi connectivity index (χ1n) is 10.0. The fourth-order valence-electron chi connectivity index (χ4n) is 2.93. The molecule has 1 N–H and O–H groups in total. The molecule has 3 aromatic rings. The van der Waals surface area contributed by atoms with Gasteiger partial charge in [0.25, 0.3) is 5.91 Å². The molecule has 0 aliphatic heterocycles. The molecule has 31 heavy (non-hydrogen) atoms. The van der Waals surface area contributed by atoms with Crippen LogP contribution in [0.3, 0.4) is 0 Å². The zero-order chi connectivity index (χ0) is 22.4. The van der Waals surface area contributed by atoms with Crippen molar-refractivity contribution in [2.45, 2.75) is 44.8 Å². The van der Waals surface area contributed by atoms with Crippen LogP contribution in [-0.2, 0) is 16.8 Å². The lowest BCUT2D eigenvalue weighted by molar-refractivity contribution is -0.118. The van der Waals surface area contributed by atoms with Crippen LogP contribution in [0.4, 0.5) is 0 Å². The van der Waals surface area contributed by atoms with E-state index in [1.807, 2.05) is 29.7 Å². The first kappa shape index (κ1) is 23.0. The summed E-state index contributed by atoms with van der Waals surface area (Å²) >= 11 is 7.40. The van der Waals surface area contributed by atoms with E-state index in [9.17, 15) is 4.79 Å². The molecule has 1 heterocycles. The number of amides is 1. The summed E-state index contributed by atoms with van der Waals surface area (Å²) in [4.78, 5) is 12.2. The van der Waals surface area contributed by atoms with E-state index < -0.39 is 0 Å². The maximum atomic E-state index is 12.2. The number of nitrogens with one attached hydrogen (secondary N) is 1. The smallest absolute Gasteiger partial charge is 0.250 e. The number of carbonyl (C=O) groups excluding carboxylic acids is 1. The van der Waals surface area contributed by atoms with Gasteiger partial charge in [0.15, 0.2) is 11.0 Å². The fourth-order valence-corrected chi connectivity index (χ4v) is 3.91. The molecule has 0 aliphatic rings. The molecule has 3 rings (SSSR count). The molecule has 0 bridgehead atoms. The quantitative estimate of drug-likeness (QED) is 0.303. The SMILES string of the molecule is CCn1c(SCC(=O)NN=Cc2ccccc2Cl)nnc1-c1ccc(C(C)(C)C)cc1. The largest absolute Gasteiger partial charge is 0.302 e. The highest BCUT2D eigenvalue weighted by Crippen LogP contribution is 2.27. The van der Waals surface area contributed by atoms with Gasteiger partial charge in [0.1, 0.15) is 0 Å². The number of rotatable bonds is 7. The first-order valence-corrected chi connectivity index (χ1v) is 11.4. The van der Waals surface area contributed by atoms with Crippen LogP contribution in [-0.4, -0.2) is 32.6 Å². The predicted molar refractivity (Wildman–Crippen MR) is 128 cm³/mol. The second-order valence-corrected chi connectivity index (χ2v) is 9.33. The molecule has 0 aliphatic carbocycles. The van der Waals surface area contributed by atoms with Crippen molar-refractivity contribution in [1.29, 1.82) is 0 Å². The predicted octanol–water partition coefficient (Wildman–Crippen LogP) is 5.16. The molecule has 0 spiro atoms. The lowest BCUT2D eigenvalue weighted by Gasteiger charge is -2.19. The van der Waals surface area contributed by atoms with E-state index >= 15 is 0 Å². The molecule has 0 saturated carbocycles. The summed E-state index contributed by atoms with van der Waals surface area (Å²) in [5, 5.41) is 13.9. The zero-order valence-electron chi connectivity index (χ0n) is 18.1. The van der Waals surface area contributed by atoms with Crippen molar-refractivity contribution in [3.05, 3.63) is 64.7 Å². The lowest BCUT2D eigenvalue weighted by Crippen LogP contribution is -2.20. The van der Waals surface area contributed by atoms with Crippen LogP contribution >= 0.6 is 23.4 Å². The van der Waals surface area contributed by atoms with Gasteiger partial charge in [-0.05, 0) is 24.0 Å². The summed E-state index contributed by atoms with van der Waals surface area (Å²) in [6.45, 7) is 9.31. The van der Waals surface area contributed by atoms with E-state index in [0.29, 0.717) is 16.7 Å². The van der Waals surface area contributed by atoms with E-state index in [4.69, 9.17) is 11.6 Å². The Balaban J connectivity index is 1.63. The highest BCUT2D eigenvalue weighted by atomic mass is 35.5. The summed E-state index contributed by atoms with van der Waals surface area (Å²) < 4.78 is 2.01. The monoisotopic (exact) mass is 455 g/mol. The van der Waals surface area contributed by atoms with Gasteiger partial charge in [-0.2, -0.15) is 5.10 Å². The first-order chi connectivity index (χ1) is 14.8. The van der Waals surface area contributed by atoms with Gasteiger partial charge < -0.3 is 4.57 Å². The maximum Gasteiger partial charge on any atom is 0.250 e. The summed E-state index contributed by atoms with van der Waals surface area (Å²) in [7, 11) is 0. The Labute approximate surface area is 192 Å². The second-order valence-electron chi connectivity index (χ2n) is 7.98. The summed E-state index contributed by atoms with van der Waals surface area (Å²) in [5.74, 6) is 0.749. The third-order valence-electron chi connectivity index (χ3n) is 4.67. The number of thioether (sulfide) groups is 1. The number of nitrogens with zero attached hydrogens (tertiary/aromatic N) is 4. The highest BCUT2D eigenvalue weighted by Gasteiger charge is 2.17. The van der Waals surface area contributed by atoms with E-state index in [1.54, 1.807) is 6.07 Å².